The van der Waals surface area contributed by atoms with Gasteiger partial charge < -0.3 is 14.8 Å². The Morgan fingerprint density at radius 2 is 1.76 bits per heavy atom. The standard InChI is InChI=1S/C16H23NO4/c1-11-6-8-12(9-7-11)10-13(14(18)20-5)17-15(19)21-16(2,3)4/h6-9,13H,10H2,1-5H3,(H,17,19)/t13-/m0/s1. The highest BCUT2D eigenvalue weighted by Crippen LogP contribution is 2.10. The van der Waals surface area contributed by atoms with E-state index in [1.165, 1.54) is 7.11 Å². The molecule has 0 aliphatic carbocycles. The molecule has 0 saturated carbocycles. The van der Waals surface area contributed by atoms with Gasteiger partial charge in [0.15, 0.2) is 0 Å². The molecule has 0 radical (unpaired) electrons. The van der Waals surface area contributed by atoms with Crippen molar-refractivity contribution in [3.63, 3.8) is 0 Å². The number of hydrogen-bond donors (Lipinski definition) is 1. The topological polar surface area (TPSA) is 64.6 Å². The van der Waals surface area contributed by atoms with E-state index in [1.54, 1.807) is 20.8 Å². The fourth-order valence-electron chi connectivity index (χ4n) is 1.75. The second-order valence-corrected chi connectivity index (χ2v) is 5.91. The van der Waals surface area contributed by atoms with E-state index in [-0.39, 0.29) is 0 Å². The van der Waals surface area contributed by atoms with Crippen LogP contribution in [0.4, 0.5) is 4.79 Å². The zero-order valence-electron chi connectivity index (χ0n) is 13.2. The molecule has 1 rings (SSSR count). The number of benzene rings is 1. The van der Waals surface area contributed by atoms with E-state index in [2.05, 4.69) is 5.32 Å². The maximum absolute atomic E-state index is 11.8. The lowest BCUT2D eigenvalue weighted by molar-refractivity contribution is -0.143. The van der Waals surface area contributed by atoms with Gasteiger partial charge in [0.25, 0.3) is 0 Å². The molecular formula is C16H23NO4. The summed E-state index contributed by atoms with van der Waals surface area (Å²) in [5, 5.41) is 2.55. The minimum absolute atomic E-state index is 0.353. The Labute approximate surface area is 125 Å². The molecule has 0 aromatic heterocycles. The Morgan fingerprint density at radius 1 is 1.19 bits per heavy atom. The quantitative estimate of drug-likeness (QED) is 0.867. The van der Waals surface area contributed by atoms with Crippen molar-refractivity contribution in [3.05, 3.63) is 35.4 Å². The maximum atomic E-state index is 11.8. The second kappa shape index (κ2) is 7.11. The van der Waals surface area contributed by atoms with Gasteiger partial charge in [-0.1, -0.05) is 29.8 Å². The summed E-state index contributed by atoms with van der Waals surface area (Å²) in [5.41, 5.74) is 1.45. The van der Waals surface area contributed by atoms with Crippen molar-refractivity contribution >= 4 is 12.1 Å². The van der Waals surface area contributed by atoms with Crippen molar-refractivity contribution < 1.29 is 19.1 Å². The molecule has 1 amide bonds. The average molecular weight is 293 g/mol. The molecule has 5 heteroatoms. The number of esters is 1. The number of carbonyl (C=O) groups is 2. The van der Waals surface area contributed by atoms with Crippen molar-refractivity contribution in [1.82, 2.24) is 5.32 Å². The minimum Gasteiger partial charge on any atom is -0.467 e. The monoisotopic (exact) mass is 293 g/mol. The summed E-state index contributed by atoms with van der Waals surface area (Å²) in [7, 11) is 1.29. The predicted molar refractivity (Wildman–Crippen MR) is 80.1 cm³/mol. The van der Waals surface area contributed by atoms with Crippen molar-refractivity contribution in [3.8, 4) is 0 Å². The summed E-state index contributed by atoms with van der Waals surface area (Å²) in [5.74, 6) is -0.499. The van der Waals surface area contributed by atoms with Gasteiger partial charge in [-0.15, -0.1) is 0 Å². The summed E-state index contributed by atoms with van der Waals surface area (Å²) in [6.07, 6.45) is -0.281. The molecule has 0 aliphatic heterocycles. The molecule has 1 atom stereocenters. The minimum atomic E-state index is -0.771. The molecule has 0 fully saturated rings. The third kappa shape index (κ3) is 6.29. The van der Waals surface area contributed by atoms with Gasteiger partial charge in [0.05, 0.1) is 7.11 Å². The lowest BCUT2D eigenvalue weighted by Gasteiger charge is -2.22. The number of methoxy groups -OCH3 is 1. The van der Waals surface area contributed by atoms with Crippen LogP contribution in [0.2, 0.25) is 0 Å². The summed E-state index contributed by atoms with van der Waals surface area (Å²) < 4.78 is 9.89. The Morgan fingerprint density at radius 3 is 2.24 bits per heavy atom. The van der Waals surface area contributed by atoms with Crippen LogP contribution in [0.3, 0.4) is 0 Å². The molecule has 0 unspecified atom stereocenters. The Kier molecular flexibility index (Phi) is 5.76. The van der Waals surface area contributed by atoms with E-state index in [0.29, 0.717) is 6.42 Å². The first-order valence-electron chi connectivity index (χ1n) is 6.84. The molecule has 1 aromatic rings. The van der Waals surface area contributed by atoms with Gasteiger partial charge in [-0.2, -0.15) is 0 Å². The maximum Gasteiger partial charge on any atom is 0.408 e. The summed E-state index contributed by atoms with van der Waals surface area (Å²) >= 11 is 0. The first-order chi connectivity index (χ1) is 9.71. The van der Waals surface area contributed by atoms with Gasteiger partial charge in [-0.05, 0) is 33.3 Å². The number of nitrogens with one attached hydrogen (secondary N) is 1. The van der Waals surface area contributed by atoms with E-state index < -0.39 is 23.7 Å². The smallest absolute Gasteiger partial charge is 0.408 e. The average Bonchev–Trinajstić information content (AvgIpc) is 2.37. The zero-order valence-corrected chi connectivity index (χ0v) is 13.2. The van der Waals surface area contributed by atoms with Crippen LogP contribution in [0.5, 0.6) is 0 Å². The molecule has 21 heavy (non-hydrogen) atoms. The number of hydrogen-bond acceptors (Lipinski definition) is 4. The van der Waals surface area contributed by atoms with Crippen LogP contribution < -0.4 is 5.32 Å². The third-order valence-electron chi connectivity index (χ3n) is 2.74. The van der Waals surface area contributed by atoms with Crippen LogP contribution in [0.15, 0.2) is 24.3 Å². The number of carbonyl (C=O) groups excluding carboxylic acids is 2. The molecule has 1 N–H and O–H groups in total. The van der Waals surface area contributed by atoms with Gasteiger partial charge in [0.1, 0.15) is 11.6 Å². The number of amides is 1. The first kappa shape index (κ1) is 17.0. The first-order valence-corrected chi connectivity index (χ1v) is 6.84. The summed E-state index contributed by atoms with van der Waals surface area (Å²) in [4.78, 5) is 23.6. The van der Waals surface area contributed by atoms with Gasteiger partial charge in [0, 0.05) is 6.42 Å². The molecular weight excluding hydrogens is 270 g/mol. The zero-order chi connectivity index (χ0) is 16.0. The largest absolute Gasteiger partial charge is 0.467 e. The molecule has 1 aromatic carbocycles. The van der Waals surface area contributed by atoms with Crippen LogP contribution in [-0.2, 0) is 20.7 Å². The highest BCUT2D eigenvalue weighted by atomic mass is 16.6. The number of ether oxygens (including phenoxy) is 2. The highest BCUT2D eigenvalue weighted by molar-refractivity contribution is 5.81. The van der Waals surface area contributed by atoms with Gasteiger partial charge >= 0.3 is 12.1 Å². The molecule has 5 nitrogen and oxygen atoms in total. The SMILES string of the molecule is COC(=O)[C@H](Cc1ccc(C)cc1)NC(=O)OC(C)(C)C. The van der Waals surface area contributed by atoms with E-state index in [0.717, 1.165) is 11.1 Å². The molecule has 0 aliphatic rings. The fraction of sp³-hybridized carbons (Fsp3) is 0.500. The van der Waals surface area contributed by atoms with E-state index in [4.69, 9.17) is 9.47 Å². The van der Waals surface area contributed by atoms with Crippen LogP contribution in [0, 0.1) is 6.92 Å². The molecule has 0 bridgehead atoms. The Hall–Kier alpha value is -2.04. The molecule has 0 heterocycles. The second-order valence-electron chi connectivity index (χ2n) is 5.91. The van der Waals surface area contributed by atoms with Crippen LogP contribution >= 0.6 is 0 Å². The van der Waals surface area contributed by atoms with E-state index >= 15 is 0 Å². The normalized spacial score (nSPS) is 12.4. The predicted octanol–water partition coefficient (Wildman–Crippen LogP) is 2.60. The number of rotatable bonds is 4. The third-order valence-corrected chi connectivity index (χ3v) is 2.74. The highest BCUT2D eigenvalue weighted by Gasteiger charge is 2.25. The van der Waals surface area contributed by atoms with Crippen molar-refractivity contribution in [2.75, 3.05) is 7.11 Å². The summed E-state index contributed by atoms with van der Waals surface area (Å²) in [6.45, 7) is 7.28. The Bertz CT molecular complexity index is 488. The molecule has 0 saturated heterocycles. The van der Waals surface area contributed by atoms with Crippen LogP contribution in [0.1, 0.15) is 31.9 Å². The van der Waals surface area contributed by atoms with Crippen molar-refractivity contribution in [2.24, 2.45) is 0 Å². The fourth-order valence-corrected chi connectivity index (χ4v) is 1.75. The van der Waals surface area contributed by atoms with Gasteiger partial charge in [0.2, 0.25) is 0 Å². The number of aryl methyl sites for hydroxylation is 1. The van der Waals surface area contributed by atoms with Crippen molar-refractivity contribution in [1.29, 1.82) is 0 Å². The number of alkyl carbamates (subject to hydrolysis) is 1. The van der Waals surface area contributed by atoms with Crippen molar-refractivity contribution in [2.45, 2.75) is 45.8 Å². The molecule has 0 spiro atoms. The van der Waals surface area contributed by atoms with Crippen LogP contribution in [0.25, 0.3) is 0 Å². The van der Waals surface area contributed by atoms with E-state index in [9.17, 15) is 9.59 Å². The van der Waals surface area contributed by atoms with Gasteiger partial charge in [-0.3, -0.25) is 0 Å². The van der Waals surface area contributed by atoms with E-state index in [1.807, 2.05) is 31.2 Å². The summed E-state index contributed by atoms with van der Waals surface area (Å²) in [6, 6.07) is 6.98. The van der Waals surface area contributed by atoms with Gasteiger partial charge in [-0.25, -0.2) is 9.59 Å². The Balaban J connectivity index is 2.74. The van der Waals surface area contributed by atoms with Crippen LogP contribution in [-0.4, -0.2) is 30.8 Å². The lowest BCUT2D eigenvalue weighted by atomic mass is 10.0. The molecule has 116 valence electrons. The lowest BCUT2D eigenvalue weighted by Crippen LogP contribution is -2.45.